The molecule has 3 nitrogen and oxygen atoms in total. The summed E-state index contributed by atoms with van der Waals surface area (Å²) in [6.45, 7) is 0. The SMILES string of the molecule is Cn1c(CC2CC3CCC(C2)N3)nc2ccc(F)cc21. The first-order valence-corrected chi connectivity index (χ1v) is 7.56. The summed E-state index contributed by atoms with van der Waals surface area (Å²) in [5.41, 5.74) is 1.80. The molecule has 0 amide bonds. The molecule has 2 unspecified atom stereocenters. The lowest BCUT2D eigenvalue weighted by Gasteiger charge is -2.28. The zero-order chi connectivity index (χ0) is 13.7. The standard InChI is InChI=1S/C16H20FN3/c1-20-15-9-11(17)2-5-14(15)19-16(20)8-10-6-12-3-4-13(7-10)18-12/h2,5,9-10,12-13,18H,3-4,6-8H2,1H3. The van der Waals surface area contributed by atoms with Crippen LogP contribution in [-0.2, 0) is 13.5 Å². The maximum atomic E-state index is 13.3. The normalized spacial score (nSPS) is 29.2. The Morgan fingerprint density at radius 3 is 2.80 bits per heavy atom. The fourth-order valence-corrected chi connectivity index (χ4v) is 4.00. The van der Waals surface area contributed by atoms with Crippen LogP contribution in [0.15, 0.2) is 18.2 Å². The van der Waals surface area contributed by atoms with Crippen LogP contribution in [0.2, 0.25) is 0 Å². The van der Waals surface area contributed by atoms with Crippen molar-refractivity contribution >= 4 is 11.0 Å². The molecule has 2 saturated heterocycles. The molecule has 0 saturated carbocycles. The highest BCUT2D eigenvalue weighted by molar-refractivity contribution is 5.75. The van der Waals surface area contributed by atoms with Gasteiger partial charge in [-0.3, -0.25) is 0 Å². The number of aromatic nitrogens is 2. The third kappa shape index (κ3) is 2.03. The summed E-state index contributed by atoms with van der Waals surface area (Å²) in [7, 11) is 2.00. The number of piperidine rings is 1. The molecule has 1 N–H and O–H groups in total. The van der Waals surface area contributed by atoms with Gasteiger partial charge in [0.05, 0.1) is 11.0 Å². The molecule has 0 aliphatic carbocycles. The van der Waals surface area contributed by atoms with Crippen LogP contribution in [0.3, 0.4) is 0 Å². The van der Waals surface area contributed by atoms with Crippen molar-refractivity contribution in [2.75, 3.05) is 0 Å². The predicted octanol–water partition coefficient (Wildman–Crippen LogP) is 2.79. The van der Waals surface area contributed by atoms with Gasteiger partial charge in [0.2, 0.25) is 0 Å². The van der Waals surface area contributed by atoms with E-state index in [0.717, 1.165) is 23.3 Å². The Morgan fingerprint density at radius 1 is 1.30 bits per heavy atom. The van der Waals surface area contributed by atoms with Gasteiger partial charge in [-0.15, -0.1) is 0 Å². The summed E-state index contributed by atoms with van der Waals surface area (Å²) in [5.74, 6) is 1.62. The van der Waals surface area contributed by atoms with Crippen molar-refractivity contribution in [1.82, 2.24) is 14.9 Å². The van der Waals surface area contributed by atoms with Crippen molar-refractivity contribution in [2.45, 2.75) is 44.2 Å². The summed E-state index contributed by atoms with van der Waals surface area (Å²) in [4.78, 5) is 4.69. The van der Waals surface area contributed by atoms with Crippen molar-refractivity contribution < 1.29 is 4.39 Å². The molecule has 20 heavy (non-hydrogen) atoms. The van der Waals surface area contributed by atoms with Crippen LogP contribution in [0.5, 0.6) is 0 Å². The molecule has 1 aromatic heterocycles. The number of aryl methyl sites for hydroxylation is 1. The number of nitrogens with one attached hydrogen (secondary N) is 1. The Bertz CT molecular complexity index is 636. The molecule has 106 valence electrons. The number of hydrogen-bond acceptors (Lipinski definition) is 2. The van der Waals surface area contributed by atoms with Crippen LogP contribution in [-0.4, -0.2) is 21.6 Å². The molecule has 2 atom stereocenters. The lowest BCUT2D eigenvalue weighted by atomic mass is 9.89. The molecule has 2 bridgehead atoms. The van der Waals surface area contributed by atoms with E-state index >= 15 is 0 Å². The summed E-state index contributed by atoms with van der Waals surface area (Å²) in [6.07, 6.45) is 6.19. The molecule has 0 radical (unpaired) electrons. The van der Waals surface area contributed by atoms with E-state index < -0.39 is 0 Å². The molecular formula is C16H20FN3. The van der Waals surface area contributed by atoms with Crippen LogP contribution in [0.25, 0.3) is 11.0 Å². The number of fused-ring (bicyclic) bond motifs is 3. The first kappa shape index (κ1) is 12.3. The Morgan fingerprint density at radius 2 is 2.05 bits per heavy atom. The molecule has 3 heterocycles. The number of halogens is 1. The number of hydrogen-bond donors (Lipinski definition) is 1. The second-order valence-electron chi connectivity index (χ2n) is 6.40. The zero-order valence-corrected chi connectivity index (χ0v) is 11.8. The molecule has 4 heteroatoms. The van der Waals surface area contributed by atoms with Gasteiger partial charge in [-0.2, -0.15) is 0 Å². The van der Waals surface area contributed by atoms with Gasteiger partial charge in [-0.1, -0.05) is 0 Å². The largest absolute Gasteiger partial charge is 0.331 e. The highest BCUT2D eigenvalue weighted by atomic mass is 19.1. The summed E-state index contributed by atoms with van der Waals surface area (Å²) in [5, 5.41) is 3.68. The first-order valence-electron chi connectivity index (χ1n) is 7.56. The van der Waals surface area contributed by atoms with Crippen molar-refractivity contribution in [3.8, 4) is 0 Å². The van der Waals surface area contributed by atoms with Crippen molar-refractivity contribution in [1.29, 1.82) is 0 Å². The average Bonchev–Trinajstić information content (AvgIpc) is 2.92. The number of nitrogens with zero attached hydrogens (tertiary/aromatic N) is 2. The van der Waals surface area contributed by atoms with Gasteiger partial charge in [0.15, 0.2) is 0 Å². The average molecular weight is 273 g/mol. The first-order chi connectivity index (χ1) is 9.69. The zero-order valence-electron chi connectivity index (χ0n) is 11.8. The predicted molar refractivity (Wildman–Crippen MR) is 77.0 cm³/mol. The van der Waals surface area contributed by atoms with Crippen molar-refractivity contribution in [3.63, 3.8) is 0 Å². The number of rotatable bonds is 2. The van der Waals surface area contributed by atoms with Crippen LogP contribution < -0.4 is 5.32 Å². The van der Waals surface area contributed by atoms with E-state index in [9.17, 15) is 4.39 Å². The Hall–Kier alpha value is -1.42. The third-order valence-electron chi connectivity index (χ3n) is 4.98. The molecular weight excluding hydrogens is 253 g/mol. The third-order valence-corrected chi connectivity index (χ3v) is 4.98. The molecule has 1 aromatic carbocycles. The van der Waals surface area contributed by atoms with Gasteiger partial charge in [-0.25, -0.2) is 9.37 Å². The number of benzene rings is 1. The molecule has 2 fully saturated rings. The van der Waals surface area contributed by atoms with Crippen molar-refractivity contribution in [3.05, 3.63) is 29.8 Å². The van der Waals surface area contributed by atoms with Crippen LogP contribution in [0.1, 0.15) is 31.5 Å². The maximum absolute atomic E-state index is 13.3. The minimum absolute atomic E-state index is 0.188. The van der Waals surface area contributed by atoms with E-state index in [1.807, 2.05) is 7.05 Å². The second-order valence-corrected chi connectivity index (χ2v) is 6.40. The van der Waals surface area contributed by atoms with E-state index in [4.69, 9.17) is 4.98 Å². The molecule has 2 aromatic rings. The fraction of sp³-hybridized carbons (Fsp3) is 0.562. The second kappa shape index (κ2) is 4.55. The van der Waals surface area contributed by atoms with E-state index in [1.54, 1.807) is 12.1 Å². The fourth-order valence-electron chi connectivity index (χ4n) is 4.00. The van der Waals surface area contributed by atoms with Gasteiger partial charge in [0.1, 0.15) is 11.6 Å². The van der Waals surface area contributed by atoms with Gasteiger partial charge in [0.25, 0.3) is 0 Å². The highest BCUT2D eigenvalue weighted by Gasteiger charge is 2.33. The molecule has 0 spiro atoms. The Labute approximate surface area is 118 Å². The maximum Gasteiger partial charge on any atom is 0.125 e. The summed E-state index contributed by atoms with van der Waals surface area (Å²) >= 11 is 0. The number of imidazole rings is 1. The minimum Gasteiger partial charge on any atom is -0.331 e. The van der Waals surface area contributed by atoms with Gasteiger partial charge in [-0.05, 0) is 49.8 Å². The summed E-state index contributed by atoms with van der Waals surface area (Å²) < 4.78 is 15.4. The topological polar surface area (TPSA) is 29.9 Å². The smallest absolute Gasteiger partial charge is 0.125 e. The van der Waals surface area contributed by atoms with Gasteiger partial charge < -0.3 is 9.88 Å². The van der Waals surface area contributed by atoms with E-state index in [2.05, 4.69) is 9.88 Å². The highest BCUT2D eigenvalue weighted by Crippen LogP contribution is 2.33. The van der Waals surface area contributed by atoms with E-state index in [0.29, 0.717) is 18.0 Å². The minimum atomic E-state index is -0.188. The quantitative estimate of drug-likeness (QED) is 0.912. The molecule has 4 rings (SSSR count). The van der Waals surface area contributed by atoms with Crippen LogP contribution in [0, 0.1) is 11.7 Å². The van der Waals surface area contributed by atoms with Gasteiger partial charge >= 0.3 is 0 Å². The molecule has 2 aliphatic rings. The van der Waals surface area contributed by atoms with E-state index in [1.165, 1.54) is 31.7 Å². The van der Waals surface area contributed by atoms with Gasteiger partial charge in [0, 0.05) is 25.6 Å². The summed E-state index contributed by atoms with van der Waals surface area (Å²) in [6, 6.07) is 6.28. The lowest BCUT2D eigenvalue weighted by molar-refractivity contribution is 0.294. The van der Waals surface area contributed by atoms with Crippen LogP contribution >= 0.6 is 0 Å². The lowest BCUT2D eigenvalue weighted by Crippen LogP contribution is -2.38. The molecule has 2 aliphatic heterocycles. The van der Waals surface area contributed by atoms with E-state index in [-0.39, 0.29) is 5.82 Å². The van der Waals surface area contributed by atoms with Crippen molar-refractivity contribution in [2.24, 2.45) is 13.0 Å². The van der Waals surface area contributed by atoms with Crippen LogP contribution in [0.4, 0.5) is 4.39 Å². The Kier molecular flexibility index (Phi) is 2.81. The Balaban J connectivity index is 1.61. The monoisotopic (exact) mass is 273 g/mol.